The number of piperidine rings is 1. The van der Waals surface area contributed by atoms with E-state index in [2.05, 4.69) is 24.1 Å². The van der Waals surface area contributed by atoms with Gasteiger partial charge in [0.1, 0.15) is 0 Å². The topological polar surface area (TPSA) is 58.4 Å². The maximum absolute atomic E-state index is 12.8. The summed E-state index contributed by atoms with van der Waals surface area (Å²) in [5, 5.41) is 3.85. The maximum Gasteiger partial charge on any atom is 0.234 e. The van der Waals surface area contributed by atoms with Crippen LogP contribution in [0.5, 0.6) is 0 Å². The molecule has 3 N–H and O–H groups in total. The molecule has 2 aromatic carbocycles. The molecule has 2 unspecified atom stereocenters. The normalized spacial score (nSPS) is 20.1. The number of halogens is 2. The lowest BCUT2D eigenvalue weighted by atomic mass is 9.80. The monoisotopic (exact) mass is 421 g/mol. The van der Waals surface area contributed by atoms with Crippen LogP contribution in [0.25, 0.3) is 0 Å². The van der Waals surface area contributed by atoms with Gasteiger partial charge < -0.3 is 11.1 Å². The highest BCUT2D eigenvalue weighted by atomic mass is 35.5. The first-order valence-electron chi connectivity index (χ1n) is 9.43. The molecule has 4 nitrogen and oxygen atoms in total. The van der Waals surface area contributed by atoms with E-state index in [9.17, 15) is 4.79 Å². The molecule has 0 saturated carbocycles. The molecule has 1 saturated heterocycles. The van der Waals surface area contributed by atoms with Gasteiger partial charge in [0.05, 0.1) is 12.6 Å². The number of hydrogen-bond donors (Lipinski definition) is 2. The Morgan fingerprint density at radius 1 is 1.21 bits per heavy atom. The van der Waals surface area contributed by atoms with Gasteiger partial charge in [0.2, 0.25) is 5.91 Å². The number of rotatable bonds is 5. The molecule has 2 atom stereocenters. The van der Waals surface area contributed by atoms with Gasteiger partial charge in [-0.25, -0.2) is 0 Å². The van der Waals surface area contributed by atoms with E-state index >= 15 is 0 Å². The van der Waals surface area contributed by atoms with E-state index in [1.807, 2.05) is 54.6 Å². The standard InChI is InChI=1S/C22H28ClN3O.ClH/c1-22(2)15-26(12-11-19(22)24)14-20(27)25-21(16-7-4-3-5-8-16)17-9-6-10-18(23)13-17;/h3-10,13,19,21H,11-12,14-15,24H2,1-2H3,(H,25,27);1H. The Kier molecular flexibility index (Phi) is 7.90. The smallest absolute Gasteiger partial charge is 0.234 e. The summed E-state index contributed by atoms with van der Waals surface area (Å²) in [7, 11) is 0. The average molecular weight is 422 g/mol. The van der Waals surface area contributed by atoms with Crippen LogP contribution in [0.15, 0.2) is 54.6 Å². The predicted molar refractivity (Wildman–Crippen MR) is 118 cm³/mol. The molecule has 2 aromatic rings. The summed E-state index contributed by atoms with van der Waals surface area (Å²) >= 11 is 6.18. The minimum Gasteiger partial charge on any atom is -0.344 e. The lowest BCUT2D eigenvalue weighted by Gasteiger charge is -2.42. The summed E-state index contributed by atoms with van der Waals surface area (Å²) in [6.45, 7) is 6.39. The summed E-state index contributed by atoms with van der Waals surface area (Å²) in [4.78, 5) is 15.0. The second-order valence-electron chi connectivity index (χ2n) is 8.06. The second kappa shape index (κ2) is 9.75. The summed E-state index contributed by atoms with van der Waals surface area (Å²) in [6.07, 6.45) is 0.913. The van der Waals surface area contributed by atoms with Crippen LogP contribution in [0.2, 0.25) is 5.02 Å². The first-order chi connectivity index (χ1) is 12.8. The molecule has 28 heavy (non-hydrogen) atoms. The SMILES string of the molecule is CC1(C)CN(CC(=O)NC(c2ccccc2)c2cccc(Cl)c2)CCC1N.Cl. The Morgan fingerprint density at radius 2 is 1.89 bits per heavy atom. The van der Waals surface area contributed by atoms with Gasteiger partial charge in [-0.3, -0.25) is 9.69 Å². The average Bonchev–Trinajstić information content (AvgIpc) is 2.63. The number of nitrogens with one attached hydrogen (secondary N) is 1. The highest BCUT2D eigenvalue weighted by Crippen LogP contribution is 2.28. The number of carbonyl (C=O) groups excluding carboxylic acids is 1. The molecular weight excluding hydrogens is 393 g/mol. The number of amides is 1. The number of likely N-dealkylation sites (tertiary alicyclic amines) is 1. The number of benzene rings is 2. The minimum absolute atomic E-state index is 0. The van der Waals surface area contributed by atoms with Crippen molar-refractivity contribution in [3.63, 3.8) is 0 Å². The molecule has 6 heteroatoms. The number of nitrogens with two attached hydrogens (primary N) is 1. The molecule has 1 amide bonds. The van der Waals surface area contributed by atoms with Crippen LogP contribution in [-0.2, 0) is 4.79 Å². The summed E-state index contributed by atoms with van der Waals surface area (Å²) in [5.74, 6) is 0.00935. The number of carbonyl (C=O) groups is 1. The van der Waals surface area contributed by atoms with Crippen molar-refractivity contribution in [1.29, 1.82) is 0 Å². The zero-order valence-corrected chi connectivity index (χ0v) is 18.0. The lowest BCUT2D eigenvalue weighted by Crippen LogP contribution is -2.54. The Hall–Kier alpha value is -1.59. The molecule has 1 heterocycles. The van der Waals surface area contributed by atoms with Crippen molar-refractivity contribution in [2.45, 2.75) is 32.4 Å². The number of nitrogens with zero attached hydrogens (tertiary/aromatic N) is 1. The zero-order valence-electron chi connectivity index (χ0n) is 16.4. The molecule has 1 aliphatic rings. The molecule has 0 aromatic heterocycles. The van der Waals surface area contributed by atoms with Crippen molar-refractivity contribution in [3.05, 3.63) is 70.7 Å². The molecular formula is C22H29Cl2N3O. The zero-order chi connectivity index (χ0) is 19.4. The van der Waals surface area contributed by atoms with Crippen LogP contribution in [0, 0.1) is 5.41 Å². The van der Waals surface area contributed by atoms with Crippen molar-refractivity contribution in [3.8, 4) is 0 Å². The molecule has 0 aliphatic carbocycles. The number of hydrogen-bond acceptors (Lipinski definition) is 3. The highest BCUT2D eigenvalue weighted by molar-refractivity contribution is 6.30. The first-order valence-corrected chi connectivity index (χ1v) is 9.81. The van der Waals surface area contributed by atoms with E-state index in [-0.39, 0.29) is 35.8 Å². The van der Waals surface area contributed by atoms with Crippen molar-refractivity contribution in [1.82, 2.24) is 10.2 Å². The third kappa shape index (κ3) is 5.71. The molecule has 0 radical (unpaired) electrons. The second-order valence-corrected chi connectivity index (χ2v) is 8.50. The van der Waals surface area contributed by atoms with E-state index in [4.69, 9.17) is 17.3 Å². The fourth-order valence-electron chi connectivity index (χ4n) is 3.72. The van der Waals surface area contributed by atoms with E-state index in [1.54, 1.807) is 0 Å². The van der Waals surface area contributed by atoms with Gasteiger partial charge in [-0.1, -0.05) is 67.9 Å². The van der Waals surface area contributed by atoms with E-state index in [1.165, 1.54) is 0 Å². The Morgan fingerprint density at radius 3 is 2.54 bits per heavy atom. The molecule has 1 aliphatic heterocycles. The predicted octanol–water partition coefficient (Wildman–Crippen LogP) is 4.03. The third-order valence-corrected chi connectivity index (χ3v) is 5.61. The molecule has 0 spiro atoms. The first kappa shape index (κ1) is 22.7. The summed E-state index contributed by atoms with van der Waals surface area (Å²) in [5.41, 5.74) is 8.24. The molecule has 3 rings (SSSR count). The van der Waals surface area contributed by atoms with Crippen LogP contribution in [0.4, 0.5) is 0 Å². The third-order valence-electron chi connectivity index (χ3n) is 5.38. The van der Waals surface area contributed by atoms with Gasteiger partial charge in [-0.2, -0.15) is 0 Å². The van der Waals surface area contributed by atoms with Gasteiger partial charge in [0.15, 0.2) is 0 Å². The Balaban J connectivity index is 0.00000280. The van der Waals surface area contributed by atoms with Gasteiger partial charge in [0.25, 0.3) is 0 Å². The summed E-state index contributed by atoms with van der Waals surface area (Å²) < 4.78 is 0. The van der Waals surface area contributed by atoms with E-state index in [0.29, 0.717) is 11.6 Å². The quantitative estimate of drug-likeness (QED) is 0.765. The highest BCUT2D eigenvalue weighted by Gasteiger charge is 2.34. The van der Waals surface area contributed by atoms with Crippen LogP contribution < -0.4 is 11.1 Å². The van der Waals surface area contributed by atoms with Gasteiger partial charge >= 0.3 is 0 Å². The molecule has 1 fully saturated rings. The molecule has 152 valence electrons. The van der Waals surface area contributed by atoms with Crippen molar-refractivity contribution < 1.29 is 4.79 Å². The van der Waals surface area contributed by atoms with Crippen LogP contribution in [-0.4, -0.2) is 36.5 Å². The van der Waals surface area contributed by atoms with Crippen LogP contribution in [0.3, 0.4) is 0 Å². The van der Waals surface area contributed by atoms with Gasteiger partial charge in [-0.15, -0.1) is 12.4 Å². The van der Waals surface area contributed by atoms with Gasteiger partial charge in [0, 0.05) is 24.2 Å². The fraction of sp³-hybridized carbons (Fsp3) is 0.409. The lowest BCUT2D eigenvalue weighted by molar-refractivity contribution is -0.123. The van der Waals surface area contributed by atoms with E-state index in [0.717, 1.165) is 30.6 Å². The van der Waals surface area contributed by atoms with E-state index < -0.39 is 0 Å². The van der Waals surface area contributed by atoms with Crippen LogP contribution in [0.1, 0.15) is 37.4 Å². The molecule has 0 bridgehead atoms. The van der Waals surface area contributed by atoms with Crippen molar-refractivity contribution >= 4 is 29.9 Å². The van der Waals surface area contributed by atoms with Gasteiger partial charge in [-0.05, 0) is 35.1 Å². The Labute approximate surface area is 178 Å². The summed E-state index contributed by atoms with van der Waals surface area (Å²) in [6, 6.07) is 17.6. The van der Waals surface area contributed by atoms with Crippen LogP contribution >= 0.6 is 24.0 Å². The van der Waals surface area contributed by atoms with Crippen molar-refractivity contribution in [2.24, 2.45) is 11.1 Å². The van der Waals surface area contributed by atoms with Crippen molar-refractivity contribution in [2.75, 3.05) is 19.6 Å². The largest absolute Gasteiger partial charge is 0.344 e. The Bertz CT molecular complexity index is 782. The fourth-order valence-corrected chi connectivity index (χ4v) is 3.92. The maximum atomic E-state index is 12.8. The minimum atomic E-state index is -0.225.